The number of hydrogen-bond donors (Lipinski definition) is 0. The highest BCUT2D eigenvalue weighted by atomic mass is 19.4. The molecule has 0 aliphatic rings. The van der Waals surface area contributed by atoms with E-state index in [1.807, 2.05) is 56.3 Å². The topological polar surface area (TPSA) is 33.6 Å². The highest BCUT2D eigenvalue weighted by Crippen LogP contribution is 2.48. The van der Waals surface area contributed by atoms with Crippen molar-refractivity contribution < 1.29 is 26.3 Å². The normalized spacial score (nSPS) is 12.0. The largest absolute Gasteiger partial charge is 0.417 e. The van der Waals surface area contributed by atoms with Gasteiger partial charge in [-0.25, -0.2) is 0 Å². The molecule has 0 atom stereocenters. The monoisotopic (exact) mass is 1080 g/mol. The van der Waals surface area contributed by atoms with Crippen molar-refractivity contribution in [3.63, 3.8) is 0 Å². The van der Waals surface area contributed by atoms with E-state index in [1.165, 1.54) is 6.07 Å². The molecular formula is C73H49F6N3. The molecule has 13 rings (SSSR count). The summed E-state index contributed by atoms with van der Waals surface area (Å²) < 4.78 is 92.8. The molecule has 0 aliphatic carbocycles. The van der Waals surface area contributed by atoms with Crippen LogP contribution < -0.4 is 0 Å². The Labute approximate surface area is 469 Å². The molecule has 13 aromatic rings. The van der Waals surface area contributed by atoms with Crippen LogP contribution in [0.4, 0.5) is 26.3 Å². The average Bonchev–Trinajstić information content (AvgIpc) is 4.19. The van der Waals surface area contributed by atoms with Crippen molar-refractivity contribution >= 4 is 43.6 Å². The number of benzene rings is 11. The summed E-state index contributed by atoms with van der Waals surface area (Å²) in [7, 11) is 0. The Bertz CT molecular complexity index is 4590. The van der Waals surface area contributed by atoms with Gasteiger partial charge in [-0.05, 0) is 168 Å². The predicted molar refractivity (Wildman–Crippen MR) is 321 cm³/mol. The number of alkyl halides is 6. The minimum Gasteiger partial charge on any atom is -0.309 e. The van der Waals surface area contributed by atoms with Crippen molar-refractivity contribution in [3.8, 4) is 84.2 Å². The van der Waals surface area contributed by atoms with Gasteiger partial charge in [-0.3, -0.25) is 0 Å². The van der Waals surface area contributed by atoms with E-state index in [1.54, 1.807) is 24.3 Å². The van der Waals surface area contributed by atoms with E-state index in [-0.39, 0.29) is 17.2 Å². The van der Waals surface area contributed by atoms with Crippen LogP contribution in [-0.2, 0) is 12.4 Å². The third-order valence-electron chi connectivity index (χ3n) is 15.8. The van der Waals surface area contributed by atoms with Gasteiger partial charge in [0, 0.05) is 32.7 Å². The summed E-state index contributed by atoms with van der Waals surface area (Å²) >= 11 is 0. The lowest BCUT2D eigenvalue weighted by atomic mass is 9.90. The first-order chi connectivity index (χ1) is 39.5. The van der Waals surface area contributed by atoms with Gasteiger partial charge in [-0.1, -0.05) is 162 Å². The highest BCUT2D eigenvalue weighted by molar-refractivity contribution is 6.14. The standard InChI is InChI=1S/C73H49F6N3/c1-43-10-5-14-47(32-43)51-20-27-65-59(36-51)60-37-52(48-15-6-11-44(2)33-48)21-28-66(60)81(65)69-31-24-55(58-26-25-57(72(74,75)76)41-64(58)73(77,78)79)40-63(69)71-56(42-80)18-9-19-70(71)82-67-29-22-53(49-16-7-12-45(3)34-49)38-61(67)62-39-54(23-30-68(62)82)50-17-8-13-46(4)35-50/h5-41H,1-4H3. The van der Waals surface area contributed by atoms with Gasteiger partial charge in [-0.15, -0.1) is 0 Å². The highest BCUT2D eigenvalue weighted by Gasteiger charge is 2.39. The Morgan fingerprint density at radius 1 is 0.329 bits per heavy atom. The van der Waals surface area contributed by atoms with Crippen molar-refractivity contribution in [2.45, 2.75) is 40.0 Å². The van der Waals surface area contributed by atoms with Crippen molar-refractivity contribution in [1.29, 1.82) is 5.26 Å². The fourth-order valence-electron chi connectivity index (χ4n) is 12.0. The number of hydrogen-bond acceptors (Lipinski definition) is 1. The third-order valence-corrected chi connectivity index (χ3v) is 15.8. The van der Waals surface area contributed by atoms with E-state index in [0.717, 1.165) is 116 Å². The van der Waals surface area contributed by atoms with Crippen LogP contribution in [0.5, 0.6) is 0 Å². The molecule has 0 saturated heterocycles. The van der Waals surface area contributed by atoms with Crippen LogP contribution in [-0.4, -0.2) is 9.13 Å². The van der Waals surface area contributed by atoms with Crippen molar-refractivity contribution in [1.82, 2.24) is 9.13 Å². The van der Waals surface area contributed by atoms with Crippen LogP contribution in [0.15, 0.2) is 224 Å². The zero-order valence-electron chi connectivity index (χ0n) is 45.0. The Kier molecular flexibility index (Phi) is 12.4. The van der Waals surface area contributed by atoms with Gasteiger partial charge >= 0.3 is 12.4 Å². The molecule has 2 heterocycles. The van der Waals surface area contributed by atoms with Crippen LogP contribution in [0.2, 0.25) is 0 Å². The summed E-state index contributed by atoms with van der Waals surface area (Å²) in [6.07, 6.45) is -10.2. The number of rotatable bonds is 8. The van der Waals surface area contributed by atoms with Gasteiger partial charge < -0.3 is 9.13 Å². The molecule has 2 aromatic heterocycles. The number of aryl methyl sites for hydroxylation is 4. The minimum atomic E-state index is -5.17. The number of halogens is 6. The van der Waals surface area contributed by atoms with Gasteiger partial charge in [0.1, 0.15) is 0 Å². The summed E-state index contributed by atoms with van der Waals surface area (Å²) in [6, 6.07) is 72.9. The molecule has 0 unspecified atom stereocenters. The molecule has 11 aromatic carbocycles. The minimum absolute atomic E-state index is 0.00976. The smallest absolute Gasteiger partial charge is 0.309 e. The van der Waals surface area contributed by atoms with E-state index in [9.17, 15) is 18.4 Å². The van der Waals surface area contributed by atoms with E-state index >= 15 is 13.2 Å². The van der Waals surface area contributed by atoms with Crippen molar-refractivity contribution in [2.75, 3.05) is 0 Å². The van der Waals surface area contributed by atoms with Crippen LogP contribution in [0, 0.1) is 39.0 Å². The van der Waals surface area contributed by atoms with Crippen LogP contribution >= 0.6 is 0 Å². The molecule has 0 fully saturated rings. The zero-order chi connectivity index (χ0) is 56.8. The molecule has 9 heteroatoms. The summed E-state index contributed by atoms with van der Waals surface area (Å²) in [5.74, 6) is 0. The molecule has 398 valence electrons. The first-order valence-corrected chi connectivity index (χ1v) is 26.9. The Morgan fingerprint density at radius 3 is 1.09 bits per heavy atom. The summed E-state index contributed by atoms with van der Waals surface area (Å²) in [5, 5.41) is 15.1. The van der Waals surface area contributed by atoms with E-state index in [0.29, 0.717) is 28.6 Å². The summed E-state index contributed by atoms with van der Waals surface area (Å²) in [5.41, 5.74) is 14.5. The number of fused-ring (bicyclic) bond motifs is 6. The second-order valence-electron chi connectivity index (χ2n) is 21.4. The number of aromatic nitrogens is 2. The van der Waals surface area contributed by atoms with E-state index in [2.05, 4.69) is 163 Å². The van der Waals surface area contributed by atoms with Gasteiger partial charge in [0.15, 0.2) is 0 Å². The molecule has 0 aliphatic heterocycles. The number of nitrogens with zero attached hydrogens (tertiary/aromatic N) is 3. The van der Waals surface area contributed by atoms with Gasteiger partial charge in [-0.2, -0.15) is 31.6 Å². The van der Waals surface area contributed by atoms with Crippen LogP contribution in [0.25, 0.3) is 122 Å². The maximum atomic E-state index is 15.3. The third kappa shape index (κ3) is 9.07. The molecular weight excluding hydrogens is 1030 g/mol. The molecule has 0 amide bonds. The molecule has 0 bridgehead atoms. The van der Waals surface area contributed by atoms with Gasteiger partial charge in [0.25, 0.3) is 0 Å². The number of nitriles is 1. The van der Waals surface area contributed by atoms with Crippen LogP contribution in [0.1, 0.15) is 38.9 Å². The lowest BCUT2D eigenvalue weighted by Crippen LogP contribution is -2.12. The SMILES string of the molecule is Cc1cccc(-c2ccc3c(c2)c2cc(-c4cccc(C)c4)ccc2n3-c2ccc(-c3ccc(C(F)(F)F)cc3C(F)(F)F)cc2-c2c(C#N)cccc2-n2c3ccc(-c4cccc(C)c4)cc3c3cc(-c4cccc(C)c4)ccc32)c1. The maximum Gasteiger partial charge on any atom is 0.417 e. The molecule has 0 N–H and O–H groups in total. The zero-order valence-corrected chi connectivity index (χ0v) is 45.0. The summed E-state index contributed by atoms with van der Waals surface area (Å²) in [4.78, 5) is 0. The molecule has 0 radical (unpaired) electrons. The Hall–Kier alpha value is -9.91. The lowest BCUT2D eigenvalue weighted by molar-refractivity contribution is -0.142. The Morgan fingerprint density at radius 2 is 0.707 bits per heavy atom. The second kappa shape index (κ2) is 19.7. The summed E-state index contributed by atoms with van der Waals surface area (Å²) in [6.45, 7) is 8.21. The fourth-order valence-corrected chi connectivity index (χ4v) is 12.0. The van der Waals surface area contributed by atoms with Crippen LogP contribution in [0.3, 0.4) is 0 Å². The lowest BCUT2D eigenvalue weighted by Gasteiger charge is -2.22. The predicted octanol–water partition coefficient (Wildman–Crippen LogP) is 21.0. The first-order valence-electron chi connectivity index (χ1n) is 26.9. The van der Waals surface area contributed by atoms with E-state index in [4.69, 9.17) is 0 Å². The van der Waals surface area contributed by atoms with Crippen molar-refractivity contribution in [3.05, 3.63) is 263 Å². The van der Waals surface area contributed by atoms with Crippen molar-refractivity contribution in [2.24, 2.45) is 0 Å². The Balaban J connectivity index is 1.14. The first kappa shape index (κ1) is 51.5. The average molecular weight is 1080 g/mol. The molecule has 0 spiro atoms. The van der Waals surface area contributed by atoms with E-state index < -0.39 is 29.0 Å². The molecule has 82 heavy (non-hydrogen) atoms. The maximum absolute atomic E-state index is 15.3. The second-order valence-corrected chi connectivity index (χ2v) is 21.4. The molecule has 3 nitrogen and oxygen atoms in total. The molecule has 0 saturated carbocycles. The van der Waals surface area contributed by atoms with Gasteiger partial charge in [0.2, 0.25) is 0 Å². The fraction of sp³-hybridized carbons (Fsp3) is 0.0822. The van der Waals surface area contributed by atoms with Gasteiger partial charge in [0.05, 0.1) is 56.2 Å². The quantitative estimate of drug-likeness (QED) is 0.140.